The van der Waals surface area contributed by atoms with E-state index in [9.17, 15) is 4.79 Å². The smallest absolute Gasteiger partial charge is 0.221 e. The van der Waals surface area contributed by atoms with Gasteiger partial charge in [-0.05, 0) is 19.9 Å². The Kier molecular flexibility index (Phi) is 2.68. The minimum absolute atomic E-state index is 0.178. The fourth-order valence-electron chi connectivity index (χ4n) is 1.22. The molecule has 1 saturated heterocycles. The van der Waals surface area contributed by atoms with Gasteiger partial charge in [-0.1, -0.05) is 0 Å². The Morgan fingerprint density at radius 3 is 3.20 bits per heavy atom. The second-order valence-electron chi connectivity index (χ2n) is 2.68. The number of nitrogens with one attached hydrogen (secondary N) is 2. The van der Waals surface area contributed by atoms with Gasteiger partial charge in [0.25, 0.3) is 0 Å². The Hall–Kier alpha value is -0.570. The van der Waals surface area contributed by atoms with Crippen LogP contribution in [0.3, 0.4) is 0 Å². The lowest BCUT2D eigenvalue weighted by Gasteiger charge is -2.09. The molecule has 2 N–H and O–H groups in total. The topological polar surface area (TPSA) is 41.1 Å². The Labute approximate surface area is 61.2 Å². The lowest BCUT2D eigenvalue weighted by Crippen LogP contribution is -2.29. The molecular formula is C7H14N2O. The molecule has 1 amide bonds. The molecule has 3 nitrogen and oxygen atoms in total. The summed E-state index contributed by atoms with van der Waals surface area (Å²) in [5.74, 6) is 0.178. The molecule has 0 aliphatic carbocycles. The SMILES string of the molecule is CNC1CCCNC(=O)C1. The molecule has 0 radical (unpaired) electrons. The molecule has 0 aromatic heterocycles. The van der Waals surface area contributed by atoms with Crippen molar-refractivity contribution < 1.29 is 4.79 Å². The van der Waals surface area contributed by atoms with Crippen molar-refractivity contribution in [3.05, 3.63) is 0 Å². The third-order valence-corrected chi connectivity index (χ3v) is 1.89. The third kappa shape index (κ3) is 1.99. The summed E-state index contributed by atoms with van der Waals surface area (Å²) in [6.45, 7) is 0.844. The van der Waals surface area contributed by atoms with Crippen LogP contribution in [0, 0.1) is 0 Å². The average molecular weight is 142 g/mol. The van der Waals surface area contributed by atoms with Crippen molar-refractivity contribution in [2.24, 2.45) is 0 Å². The van der Waals surface area contributed by atoms with E-state index in [1.165, 1.54) is 0 Å². The zero-order valence-electron chi connectivity index (χ0n) is 6.31. The highest BCUT2D eigenvalue weighted by Crippen LogP contribution is 2.04. The average Bonchev–Trinajstić information content (AvgIpc) is 2.13. The van der Waals surface area contributed by atoms with Gasteiger partial charge in [0.15, 0.2) is 0 Å². The van der Waals surface area contributed by atoms with Gasteiger partial charge in [0, 0.05) is 19.0 Å². The third-order valence-electron chi connectivity index (χ3n) is 1.89. The van der Waals surface area contributed by atoms with Crippen molar-refractivity contribution in [2.75, 3.05) is 13.6 Å². The summed E-state index contributed by atoms with van der Waals surface area (Å²) in [6, 6.07) is 0.391. The van der Waals surface area contributed by atoms with Crippen LogP contribution in [0.4, 0.5) is 0 Å². The zero-order valence-corrected chi connectivity index (χ0v) is 6.31. The zero-order chi connectivity index (χ0) is 7.40. The van der Waals surface area contributed by atoms with Gasteiger partial charge >= 0.3 is 0 Å². The largest absolute Gasteiger partial charge is 0.356 e. The molecule has 0 aromatic rings. The van der Waals surface area contributed by atoms with Crippen LogP contribution in [0.15, 0.2) is 0 Å². The van der Waals surface area contributed by atoms with E-state index >= 15 is 0 Å². The second kappa shape index (κ2) is 3.56. The number of hydrogen-bond acceptors (Lipinski definition) is 2. The van der Waals surface area contributed by atoms with Crippen molar-refractivity contribution in [2.45, 2.75) is 25.3 Å². The van der Waals surface area contributed by atoms with Crippen LogP contribution in [0.5, 0.6) is 0 Å². The summed E-state index contributed by atoms with van der Waals surface area (Å²) in [6.07, 6.45) is 2.84. The second-order valence-corrected chi connectivity index (χ2v) is 2.68. The molecule has 1 heterocycles. The summed E-state index contributed by atoms with van der Waals surface area (Å²) in [4.78, 5) is 10.9. The van der Waals surface area contributed by atoms with Gasteiger partial charge in [0.2, 0.25) is 5.91 Å². The van der Waals surface area contributed by atoms with Gasteiger partial charge in [-0.3, -0.25) is 4.79 Å². The standard InChI is InChI=1S/C7H14N2O/c1-8-6-3-2-4-9-7(10)5-6/h6,8H,2-5H2,1H3,(H,9,10). The molecule has 0 aromatic carbocycles. The maximum atomic E-state index is 10.9. The van der Waals surface area contributed by atoms with Crippen LogP contribution in [-0.4, -0.2) is 25.5 Å². The molecule has 58 valence electrons. The molecule has 1 unspecified atom stereocenters. The molecule has 10 heavy (non-hydrogen) atoms. The van der Waals surface area contributed by atoms with E-state index in [-0.39, 0.29) is 5.91 Å². The number of carbonyl (C=O) groups is 1. The van der Waals surface area contributed by atoms with E-state index < -0.39 is 0 Å². The van der Waals surface area contributed by atoms with Crippen LogP contribution in [0.25, 0.3) is 0 Å². The molecule has 1 aliphatic heterocycles. The summed E-state index contributed by atoms with van der Waals surface area (Å²) >= 11 is 0. The molecular weight excluding hydrogens is 128 g/mol. The van der Waals surface area contributed by atoms with Gasteiger partial charge in [0.05, 0.1) is 0 Å². The van der Waals surface area contributed by atoms with Gasteiger partial charge in [0.1, 0.15) is 0 Å². The van der Waals surface area contributed by atoms with Crippen LogP contribution < -0.4 is 10.6 Å². The highest BCUT2D eigenvalue weighted by molar-refractivity contribution is 5.76. The van der Waals surface area contributed by atoms with Crippen molar-refractivity contribution >= 4 is 5.91 Å². The molecule has 1 aliphatic rings. The molecule has 0 spiro atoms. The highest BCUT2D eigenvalue weighted by atomic mass is 16.1. The number of rotatable bonds is 1. The molecule has 1 atom stereocenters. The molecule has 0 saturated carbocycles. The van der Waals surface area contributed by atoms with Crippen molar-refractivity contribution in [1.82, 2.24) is 10.6 Å². The van der Waals surface area contributed by atoms with Gasteiger partial charge < -0.3 is 10.6 Å². The van der Waals surface area contributed by atoms with Gasteiger partial charge in [-0.15, -0.1) is 0 Å². The fourth-order valence-corrected chi connectivity index (χ4v) is 1.22. The predicted octanol–water partition coefficient (Wildman–Crippen LogP) is -0.126. The number of hydrogen-bond donors (Lipinski definition) is 2. The normalized spacial score (nSPS) is 27.3. The molecule has 1 rings (SSSR count). The first-order valence-corrected chi connectivity index (χ1v) is 3.77. The molecule has 3 heteroatoms. The molecule has 1 fully saturated rings. The monoisotopic (exact) mass is 142 g/mol. The van der Waals surface area contributed by atoms with E-state index in [2.05, 4.69) is 10.6 Å². The summed E-state index contributed by atoms with van der Waals surface area (Å²) < 4.78 is 0. The lowest BCUT2D eigenvalue weighted by atomic mass is 10.1. The first-order chi connectivity index (χ1) is 4.83. The van der Waals surface area contributed by atoms with Crippen LogP contribution in [-0.2, 0) is 4.79 Å². The van der Waals surface area contributed by atoms with Crippen LogP contribution in [0.2, 0.25) is 0 Å². The quantitative estimate of drug-likeness (QED) is 0.535. The van der Waals surface area contributed by atoms with Crippen molar-refractivity contribution in [3.63, 3.8) is 0 Å². The van der Waals surface area contributed by atoms with E-state index in [0.717, 1.165) is 19.4 Å². The first kappa shape index (κ1) is 7.54. The Morgan fingerprint density at radius 2 is 2.50 bits per heavy atom. The predicted molar refractivity (Wildman–Crippen MR) is 39.7 cm³/mol. The maximum Gasteiger partial charge on any atom is 0.221 e. The van der Waals surface area contributed by atoms with Gasteiger partial charge in [-0.2, -0.15) is 0 Å². The van der Waals surface area contributed by atoms with E-state index in [4.69, 9.17) is 0 Å². The fraction of sp³-hybridized carbons (Fsp3) is 0.857. The van der Waals surface area contributed by atoms with E-state index in [0.29, 0.717) is 12.5 Å². The van der Waals surface area contributed by atoms with Crippen LogP contribution >= 0.6 is 0 Å². The minimum atomic E-state index is 0.178. The van der Waals surface area contributed by atoms with Crippen LogP contribution in [0.1, 0.15) is 19.3 Å². The summed E-state index contributed by atoms with van der Waals surface area (Å²) in [5.41, 5.74) is 0. The van der Waals surface area contributed by atoms with Crippen molar-refractivity contribution in [3.8, 4) is 0 Å². The number of amides is 1. The maximum absolute atomic E-state index is 10.9. The Morgan fingerprint density at radius 1 is 1.70 bits per heavy atom. The lowest BCUT2D eigenvalue weighted by molar-refractivity contribution is -0.121. The Balaban J connectivity index is 2.38. The van der Waals surface area contributed by atoms with E-state index in [1.54, 1.807) is 0 Å². The Bertz CT molecular complexity index is 125. The summed E-state index contributed by atoms with van der Waals surface area (Å²) in [7, 11) is 1.91. The highest BCUT2D eigenvalue weighted by Gasteiger charge is 2.14. The number of carbonyl (C=O) groups excluding carboxylic acids is 1. The summed E-state index contributed by atoms with van der Waals surface area (Å²) in [5, 5.41) is 5.94. The minimum Gasteiger partial charge on any atom is -0.356 e. The van der Waals surface area contributed by atoms with Gasteiger partial charge in [-0.25, -0.2) is 0 Å². The van der Waals surface area contributed by atoms with E-state index in [1.807, 2.05) is 7.05 Å². The van der Waals surface area contributed by atoms with Crippen molar-refractivity contribution in [1.29, 1.82) is 0 Å². The first-order valence-electron chi connectivity index (χ1n) is 3.77. The molecule has 0 bridgehead atoms.